The number of hydrogen-bond donors (Lipinski definition) is 1. The van der Waals surface area contributed by atoms with E-state index in [1.54, 1.807) is 48.3 Å². The quantitative estimate of drug-likeness (QED) is 0.449. The van der Waals surface area contributed by atoms with E-state index in [0.29, 0.717) is 34.3 Å². The number of nitrogens with zero attached hydrogens (tertiary/aromatic N) is 1. The zero-order valence-electron chi connectivity index (χ0n) is 19.7. The number of aromatic carboxylic acids is 1. The average Bonchev–Trinajstić information content (AvgIpc) is 3.11. The third kappa shape index (κ3) is 4.03. The standard InChI is InChI=1S/C28H23BNO5/c1-15-10-21(16(2)29-23-7-5-4-6-20(23)28(33)34)26-22(11-15)24(31)13-25(35-26)17-8-9-19-18(12-17)14-30(3)27(19)32/h4-13,16H,14H2,1-3H3,(H,33,34). The minimum atomic E-state index is -0.993. The Bertz CT molecular complexity index is 1570. The summed E-state index contributed by atoms with van der Waals surface area (Å²) in [5.41, 5.74) is 5.15. The number of carbonyl (C=O) groups excluding carboxylic acids is 1. The minimum Gasteiger partial charge on any atom is -0.478 e. The Labute approximate surface area is 203 Å². The third-order valence-corrected chi connectivity index (χ3v) is 6.49. The van der Waals surface area contributed by atoms with Gasteiger partial charge < -0.3 is 14.4 Å². The van der Waals surface area contributed by atoms with Gasteiger partial charge in [0, 0.05) is 30.8 Å². The number of benzene rings is 3. The molecule has 1 aliphatic rings. The van der Waals surface area contributed by atoms with Gasteiger partial charge in [0.2, 0.25) is 0 Å². The van der Waals surface area contributed by atoms with E-state index in [-0.39, 0.29) is 22.7 Å². The van der Waals surface area contributed by atoms with Crippen LogP contribution in [0.25, 0.3) is 22.3 Å². The van der Waals surface area contributed by atoms with E-state index >= 15 is 0 Å². The maximum Gasteiger partial charge on any atom is 0.335 e. The number of carboxylic acid groups (broad SMARTS) is 1. The molecule has 1 aromatic heterocycles. The molecule has 1 atom stereocenters. The van der Waals surface area contributed by atoms with Crippen molar-refractivity contribution in [3.8, 4) is 11.3 Å². The van der Waals surface area contributed by atoms with Crippen LogP contribution in [0.4, 0.5) is 0 Å². The van der Waals surface area contributed by atoms with Crippen LogP contribution in [-0.4, -0.2) is 36.2 Å². The third-order valence-electron chi connectivity index (χ3n) is 6.49. The molecule has 0 bridgehead atoms. The summed E-state index contributed by atoms with van der Waals surface area (Å²) in [6, 6.07) is 17.6. The lowest BCUT2D eigenvalue weighted by Crippen LogP contribution is -2.26. The molecular formula is C28H23BNO5. The van der Waals surface area contributed by atoms with Gasteiger partial charge >= 0.3 is 5.97 Å². The van der Waals surface area contributed by atoms with Crippen LogP contribution in [0.2, 0.25) is 0 Å². The van der Waals surface area contributed by atoms with Crippen molar-refractivity contribution in [3.05, 3.63) is 98.7 Å². The van der Waals surface area contributed by atoms with Crippen LogP contribution in [0.15, 0.2) is 69.9 Å². The molecule has 0 saturated heterocycles. The molecule has 0 aliphatic carbocycles. The van der Waals surface area contributed by atoms with Gasteiger partial charge in [-0.15, -0.1) is 0 Å². The number of aryl methyl sites for hydroxylation is 1. The smallest absolute Gasteiger partial charge is 0.335 e. The Hall–Kier alpha value is -4.13. The summed E-state index contributed by atoms with van der Waals surface area (Å²) in [4.78, 5) is 38.7. The Balaban J connectivity index is 1.61. The largest absolute Gasteiger partial charge is 0.478 e. The van der Waals surface area contributed by atoms with Crippen LogP contribution >= 0.6 is 0 Å². The molecule has 0 spiro atoms. The fourth-order valence-corrected chi connectivity index (χ4v) is 4.73. The molecule has 0 saturated carbocycles. The molecule has 0 fully saturated rings. The van der Waals surface area contributed by atoms with E-state index in [4.69, 9.17) is 4.42 Å². The van der Waals surface area contributed by atoms with Crippen molar-refractivity contribution >= 4 is 35.6 Å². The van der Waals surface area contributed by atoms with Crippen LogP contribution in [0.3, 0.4) is 0 Å². The molecule has 1 N–H and O–H groups in total. The summed E-state index contributed by atoms with van der Waals surface area (Å²) in [6.45, 7) is 4.39. The first-order valence-corrected chi connectivity index (χ1v) is 11.4. The monoisotopic (exact) mass is 464 g/mol. The molecule has 7 heteroatoms. The lowest BCUT2D eigenvalue weighted by Gasteiger charge is -2.16. The first-order chi connectivity index (χ1) is 16.7. The highest BCUT2D eigenvalue weighted by Crippen LogP contribution is 2.32. The van der Waals surface area contributed by atoms with Crippen LogP contribution in [-0.2, 0) is 6.54 Å². The summed E-state index contributed by atoms with van der Waals surface area (Å²) >= 11 is 0. The van der Waals surface area contributed by atoms with Gasteiger partial charge in [0.1, 0.15) is 11.3 Å². The normalized spacial score (nSPS) is 13.7. The van der Waals surface area contributed by atoms with Crippen molar-refractivity contribution in [2.24, 2.45) is 0 Å². The molecule has 4 aromatic rings. The Morgan fingerprint density at radius 2 is 1.86 bits per heavy atom. The van der Waals surface area contributed by atoms with Crippen LogP contribution in [0.1, 0.15) is 50.1 Å². The molecule has 2 heterocycles. The SMILES string of the molecule is Cc1cc(C(C)[B]c2ccccc2C(=O)O)c2oc(-c3ccc4c(c3)CN(C)C4=O)cc(=O)c2c1. The minimum absolute atomic E-state index is 0.0183. The van der Waals surface area contributed by atoms with E-state index in [9.17, 15) is 19.5 Å². The summed E-state index contributed by atoms with van der Waals surface area (Å²) < 4.78 is 6.33. The van der Waals surface area contributed by atoms with Gasteiger partial charge in [0.05, 0.1) is 10.9 Å². The molecular weight excluding hydrogens is 441 g/mol. The van der Waals surface area contributed by atoms with E-state index in [0.717, 1.165) is 22.3 Å². The highest BCUT2D eigenvalue weighted by atomic mass is 16.4. The van der Waals surface area contributed by atoms with Crippen molar-refractivity contribution in [1.82, 2.24) is 4.90 Å². The second-order valence-electron chi connectivity index (χ2n) is 9.09. The fraction of sp³-hybridized carbons (Fsp3) is 0.179. The van der Waals surface area contributed by atoms with Gasteiger partial charge in [-0.1, -0.05) is 42.7 Å². The van der Waals surface area contributed by atoms with Gasteiger partial charge in [-0.25, -0.2) is 4.79 Å². The second-order valence-corrected chi connectivity index (χ2v) is 9.09. The molecule has 5 rings (SSSR count). The predicted molar refractivity (Wildman–Crippen MR) is 136 cm³/mol. The number of amides is 1. The molecule has 1 radical (unpaired) electrons. The molecule has 35 heavy (non-hydrogen) atoms. The van der Waals surface area contributed by atoms with E-state index in [1.165, 1.54) is 6.07 Å². The maximum absolute atomic E-state index is 13.1. The lowest BCUT2D eigenvalue weighted by atomic mass is 9.56. The maximum atomic E-state index is 13.1. The van der Waals surface area contributed by atoms with Crippen LogP contribution in [0, 0.1) is 6.92 Å². The van der Waals surface area contributed by atoms with Crippen molar-refractivity contribution in [2.45, 2.75) is 26.2 Å². The second kappa shape index (κ2) is 8.58. The van der Waals surface area contributed by atoms with E-state index in [1.807, 2.05) is 39.3 Å². The summed E-state index contributed by atoms with van der Waals surface area (Å²) in [5.74, 6) is -0.805. The fourth-order valence-electron chi connectivity index (χ4n) is 4.73. The lowest BCUT2D eigenvalue weighted by molar-refractivity contribution is 0.0697. The topological polar surface area (TPSA) is 87.8 Å². The average molecular weight is 464 g/mol. The summed E-state index contributed by atoms with van der Waals surface area (Å²) in [6.07, 6.45) is 0. The van der Waals surface area contributed by atoms with Gasteiger partial charge in [0.15, 0.2) is 12.7 Å². The summed E-state index contributed by atoms with van der Waals surface area (Å²) in [5, 5.41) is 10.0. The molecule has 1 aliphatic heterocycles. The Morgan fingerprint density at radius 3 is 2.63 bits per heavy atom. The van der Waals surface area contributed by atoms with Gasteiger partial charge in [-0.2, -0.15) is 0 Å². The van der Waals surface area contributed by atoms with Crippen molar-refractivity contribution in [1.29, 1.82) is 0 Å². The van der Waals surface area contributed by atoms with Crippen LogP contribution < -0.4 is 10.9 Å². The van der Waals surface area contributed by atoms with E-state index < -0.39 is 5.97 Å². The van der Waals surface area contributed by atoms with Crippen LogP contribution in [0.5, 0.6) is 0 Å². The van der Waals surface area contributed by atoms with Crippen molar-refractivity contribution < 1.29 is 19.1 Å². The zero-order chi connectivity index (χ0) is 24.9. The number of rotatable bonds is 5. The Morgan fingerprint density at radius 1 is 1.09 bits per heavy atom. The molecule has 1 amide bonds. The molecule has 6 nitrogen and oxygen atoms in total. The highest BCUT2D eigenvalue weighted by molar-refractivity contribution is 6.57. The number of hydrogen-bond acceptors (Lipinski definition) is 4. The molecule has 3 aromatic carbocycles. The van der Waals surface area contributed by atoms with Crippen molar-refractivity contribution in [3.63, 3.8) is 0 Å². The number of fused-ring (bicyclic) bond motifs is 2. The predicted octanol–water partition coefficient (Wildman–Crippen LogP) is 4.14. The van der Waals surface area contributed by atoms with E-state index in [2.05, 4.69) is 0 Å². The van der Waals surface area contributed by atoms with Gasteiger partial charge in [-0.3, -0.25) is 9.59 Å². The number of carbonyl (C=O) groups is 2. The molecule has 173 valence electrons. The molecule has 1 unspecified atom stereocenters. The van der Waals surface area contributed by atoms with Gasteiger partial charge in [-0.05, 0) is 53.7 Å². The van der Waals surface area contributed by atoms with Gasteiger partial charge in [0.25, 0.3) is 5.91 Å². The first kappa shape index (κ1) is 22.7. The summed E-state index contributed by atoms with van der Waals surface area (Å²) in [7, 11) is 3.63. The highest BCUT2D eigenvalue weighted by Gasteiger charge is 2.25. The first-order valence-electron chi connectivity index (χ1n) is 11.4. The van der Waals surface area contributed by atoms with Crippen molar-refractivity contribution in [2.75, 3.05) is 7.05 Å². The number of carboxylic acids is 1. The Kier molecular flexibility index (Phi) is 5.56. The zero-order valence-corrected chi connectivity index (χ0v) is 19.7.